The fraction of sp³-hybridized carbons (Fsp3) is 0.409. The van der Waals surface area contributed by atoms with Crippen LogP contribution in [0, 0.1) is 0 Å². The van der Waals surface area contributed by atoms with E-state index in [9.17, 15) is 40.7 Å². The highest BCUT2D eigenvalue weighted by atomic mass is 35.5. The summed E-state index contributed by atoms with van der Waals surface area (Å²) in [6, 6.07) is 3.84. The molecule has 16 heteroatoms. The summed E-state index contributed by atoms with van der Waals surface area (Å²) in [5.41, 5.74) is -2.12. The van der Waals surface area contributed by atoms with Crippen molar-refractivity contribution in [2.24, 2.45) is 0 Å². The predicted molar refractivity (Wildman–Crippen MR) is 127 cm³/mol. The first-order valence-electron chi connectivity index (χ1n) is 10.9. The molecule has 0 bridgehead atoms. The van der Waals surface area contributed by atoms with Crippen molar-refractivity contribution in [2.75, 3.05) is 50.1 Å². The minimum atomic E-state index is -4.98. The van der Waals surface area contributed by atoms with Crippen LogP contribution in [0.15, 0.2) is 30.3 Å². The van der Waals surface area contributed by atoms with Crippen molar-refractivity contribution in [2.45, 2.75) is 18.4 Å². The molecule has 8 nitrogen and oxygen atoms in total. The van der Waals surface area contributed by atoms with Crippen molar-refractivity contribution in [3.8, 4) is 0 Å². The molecule has 1 aliphatic rings. The van der Waals surface area contributed by atoms with Crippen LogP contribution in [0.3, 0.4) is 0 Å². The second-order valence-electron chi connectivity index (χ2n) is 8.17. The van der Waals surface area contributed by atoms with Crippen molar-refractivity contribution >= 4 is 52.0 Å². The lowest BCUT2D eigenvalue weighted by Crippen LogP contribution is -2.51. The number of alkyl halides is 6. The molecule has 0 saturated carbocycles. The topological polar surface area (TPSA) is 91.0 Å². The van der Waals surface area contributed by atoms with Crippen LogP contribution in [-0.4, -0.2) is 74.7 Å². The molecule has 0 radical (unpaired) electrons. The van der Waals surface area contributed by atoms with Crippen LogP contribution in [0.5, 0.6) is 0 Å². The summed E-state index contributed by atoms with van der Waals surface area (Å²) in [5, 5.41) is 4.34. The summed E-state index contributed by atoms with van der Waals surface area (Å²) in [6.45, 7) is -2.40. The van der Waals surface area contributed by atoms with Gasteiger partial charge in [0.25, 0.3) is 11.8 Å². The normalized spacial score (nSPS) is 15.5. The number of thiophene rings is 1. The number of ether oxygens (including phenoxy) is 1. The summed E-state index contributed by atoms with van der Waals surface area (Å²) in [5.74, 6) is -2.50. The number of carbonyl (C=O) groups is 3. The van der Waals surface area contributed by atoms with Gasteiger partial charge in [-0.1, -0.05) is 11.6 Å². The van der Waals surface area contributed by atoms with Crippen LogP contribution in [0.25, 0.3) is 0 Å². The van der Waals surface area contributed by atoms with E-state index < -0.39 is 60.5 Å². The lowest BCUT2D eigenvalue weighted by molar-refractivity contribution is -0.150. The van der Waals surface area contributed by atoms with E-state index in [-0.39, 0.29) is 34.7 Å². The maximum atomic E-state index is 13.9. The zero-order valence-corrected chi connectivity index (χ0v) is 21.2. The highest BCUT2D eigenvalue weighted by Crippen LogP contribution is 2.38. The smallest absolute Gasteiger partial charge is 0.370 e. The summed E-state index contributed by atoms with van der Waals surface area (Å²) in [6.07, 6.45) is -9.71. The zero-order chi connectivity index (χ0) is 28.3. The van der Waals surface area contributed by atoms with E-state index in [1.54, 1.807) is 0 Å². The number of nitrogens with one attached hydrogen (secondary N) is 2. The van der Waals surface area contributed by atoms with E-state index in [0.29, 0.717) is 11.0 Å². The van der Waals surface area contributed by atoms with Crippen molar-refractivity contribution in [3.63, 3.8) is 0 Å². The van der Waals surface area contributed by atoms with Crippen molar-refractivity contribution in [3.05, 3.63) is 45.1 Å². The number of rotatable bonds is 8. The number of hydrogen-bond acceptors (Lipinski definition) is 6. The number of hydrogen-bond donors (Lipinski definition) is 2. The van der Waals surface area contributed by atoms with E-state index in [4.69, 9.17) is 16.3 Å². The number of benzene rings is 1. The summed E-state index contributed by atoms with van der Waals surface area (Å²) >= 11 is 6.67. The molecule has 0 aliphatic carbocycles. The first kappa shape index (κ1) is 29.7. The third kappa shape index (κ3) is 7.82. The van der Waals surface area contributed by atoms with Crippen LogP contribution in [-0.2, 0) is 20.5 Å². The third-order valence-corrected chi connectivity index (χ3v) is 6.61. The number of amides is 3. The minimum absolute atomic E-state index is 0.0152. The van der Waals surface area contributed by atoms with Crippen LogP contribution in [0.2, 0.25) is 4.34 Å². The number of carbonyl (C=O) groups excluding carboxylic acids is 3. The molecule has 1 fully saturated rings. The Balaban J connectivity index is 1.85. The average molecular weight is 587 g/mol. The number of anilines is 2. The Kier molecular flexibility index (Phi) is 9.28. The zero-order valence-electron chi connectivity index (χ0n) is 19.6. The molecule has 0 spiro atoms. The monoisotopic (exact) mass is 586 g/mol. The summed E-state index contributed by atoms with van der Waals surface area (Å²) in [7, 11) is 0.948. The number of nitrogens with zero attached hydrogens (tertiary/aromatic N) is 2. The van der Waals surface area contributed by atoms with Crippen molar-refractivity contribution < 1.29 is 45.5 Å². The number of morpholine rings is 1. The molecule has 2 heterocycles. The van der Waals surface area contributed by atoms with Gasteiger partial charge in [-0.2, -0.15) is 26.3 Å². The molecule has 1 aromatic heterocycles. The lowest BCUT2D eigenvalue weighted by atomic mass is 10.1. The number of likely N-dealkylation sites (N-methyl/N-ethyl adjacent to an activating group) is 1. The van der Waals surface area contributed by atoms with Crippen molar-refractivity contribution in [1.82, 2.24) is 10.2 Å². The first-order valence-corrected chi connectivity index (χ1v) is 12.1. The SMILES string of the molecule is CN(CC(F)(F)F)[C@H](CNC(=O)c1ccc(Cl)s1)C(=O)Nc1ccc(N2CCOCC2=O)cc1C(F)(F)F. The Morgan fingerprint density at radius 1 is 1.18 bits per heavy atom. The molecule has 3 amide bonds. The molecule has 1 atom stereocenters. The average Bonchev–Trinajstić information content (AvgIpc) is 3.24. The molecule has 1 aliphatic heterocycles. The Labute approximate surface area is 221 Å². The molecule has 2 N–H and O–H groups in total. The molecule has 208 valence electrons. The van der Waals surface area contributed by atoms with Crippen LogP contribution in [0.1, 0.15) is 15.2 Å². The van der Waals surface area contributed by atoms with Gasteiger partial charge < -0.3 is 20.3 Å². The van der Waals surface area contributed by atoms with Gasteiger partial charge in [-0.3, -0.25) is 19.3 Å². The lowest BCUT2D eigenvalue weighted by Gasteiger charge is -2.29. The molecular weight excluding hydrogens is 566 g/mol. The van der Waals surface area contributed by atoms with Crippen LogP contribution < -0.4 is 15.5 Å². The van der Waals surface area contributed by atoms with E-state index in [2.05, 4.69) is 5.32 Å². The Morgan fingerprint density at radius 2 is 1.89 bits per heavy atom. The van der Waals surface area contributed by atoms with Gasteiger partial charge in [0.05, 0.1) is 33.6 Å². The van der Waals surface area contributed by atoms with Gasteiger partial charge in [-0.25, -0.2) is 0 Å². The van der Waals surface area contributed by atoms with E-state index in [1.807, 2.05) is 5.32 Å². The fourth-order valence-electron chi connectivity index (χ4n) is 3.61. The van der Waals surface area contributed by atoms with Gasteiger partial charge in [0.1, 0.15) is 12.6 Å². The van der Waals surface area contributed by atoms with Gasteiger partial charge >= 0.3 is 12.4 Å². The fourth-order valence-corrected chi connectivity index (χ4v) is 4.56. The highest BCUT2D eigenvalue weighted by Gasteiger charge is 2.38. The maximum Gasteiger partial charge on any atom is 0.418 e. The first-order chi connectivity index (χ1) is 17.7. The standard InChI is InChI=1S/C22H21ClF6N4O4S/c1-32(11-21(24,25)26)15(9-30-20(36)16-4-5-17(23)38-16)19(35)31-14-3-2-12(8-13(14)22(27,28)29)33-6-7-37-10-18(33)34/h2-5,8,15H,6-7,9-11H2,1H3,(H,30,36)(H,31,35)/t15-/m1/s1. The van der Waals surface area contributed by atoms with Gasteiger partial charge in [0.2, 0.25) is 5.91 Å². The quantitative estimate of drug-likeness (QED) is 0.456. The van der Waals surface area contributed by atoms with E-state index >= 15 is 0 Å². The maximum absolute atomic E-state index is 13.9. The summed E-state index contributed by atoms with van der Waals surface area (Å²) < 4.78 is 85.9. The Hall–Kier alpha value is -2.88. The van der Waals surface area contributed by atoms with Gasteiger partial charge in [0, 0.05) is 18.8 Å². The Morgan fingerprint density at radius 3 is 2.47 bits per heavy atom. The Bertz CT molecular complexity index is 1190. The second-order valence-corrected chi connectivity index (χ2v) is 9.89. The minimum Gasteiger partial charge on any atom is -0.370 e. The van der Waals surface area contributed by atoms with Crippen LogP contribution in [0.4, 0.5) is 37.7 Å². The molecule has 1 saturated heterocycles. The number of halogens is 7. The predicted octanol–water partition coefficient (Wildman–Crippen LogP) is 4.01. The molecule has 38 heavy (non-hydrogen) atoms. The molecule has 3 rings (SSSR count). The summed E-state index contributed by atoms with van der Waals surface area (Å²) in [4.78, 5) is 39.1. The molecule has 2 aromatic rings. The van der Waals surface area contributed by atoms with E-state index in [1.165, 1.54) is 18.2 Å². The largest absolute Gasteiger partial charge is 0.418 e. The van der Waals surface area contributed by atoms with E-state index in [0.717, 1.165) is 29.4 Å². The second kappa shape index (κ2) is 11.9. The van der Waals surface area contributed by atoms with Crippen molar-refractivity contribution in [1.29, 1.82) is 0 Å². The van der Waals surface area contributed by atoms with Gasteiger partial charge in [0.15, 0.2) is 0 Å². The molecule has 0 unspecified atom stereocenters. The molecular formula is C22H21ClF6N4O4S. The molecule has 1 aromatic carbocycles. The van der Waals surface area contributed by atoms with Gasteiger partial charge in [-0.05, 0) is 37.4 Å². The van der Waals surface area contributed by atoms with Gasteiger partial charge in [-0.15, -0.1) is 11.3 Å². The highest BCUT2D eigenvalue weighted by molar-refractivity contribution is 7.18. The van der Waals surface area contributed by atoms with Crippen LogP contribution >= 0.6 is 22.9 Å². The third-order valence-electron chi connectivity index (χ3n) is 5.38.